The third-order valence-electron chi connectivity index (χ3n) is 7.49. The number of carbonyl (C=O) groups excluding carboxylic acids is 2. The summed E-state index contributed by atoms with van der Waals surface area (Å²) in [6, 6.07) is 0. The Morgan fingerprint density at radius 2 is 0.767 bits per heavy atom. The standard InChI is InChI=1S/C26H24O4/c1-9-11(3)15(7)23-17(13(9)5)19-21(27)20-18-14(6)10(2)12(4)16(8)24(18)30-26(20)22(28)25(19)29-23/h1-8H3. The van der Waals surface area contributed by atoms with E-state index in [1.165, 1.54) is 0 Å². The van der Waals surface area contributed by atoms with Gasteiger partial charge in [-0.2, -0.15) is 0 Å². The number of hydrogen-bond donors (Lipinski definition) is 0. The van der Waals surface area contributed by atoms with Crippen LogP contribution in [0.2, 0.25) is 0 Å². The topological polar surface area (TPSA) is 60.4 Å². The summed E-state index contributed by atoms with van der Waals surface area (Å²) in [5, 5.41) is 1.50. The van der Waals surface area contributed by atoms with Gasteiger partial charge in [0.15, 0.2) is 11.5 Å². The van der Waals surface area contributed by atoms with E-state index >= 15 is 0 Å². The van der Waals surface area contributed by atoms with E-state index in [1.807, 2.05) is 55.4 Å². The van der Waals surface area contributed by atoms with E-state index in [4.69, 9.17) is 8.83 Å². The van der Waals surface area contributed by atoms with Gasteiger partial charge in [0, 0.05) is 10.8 Å². The van der Waals surface area contributed by atoms with Gasteiger partial charge in [-0.1, -0.05) is 0 Å². The summed E-state index contributed by atoms with van der Waals surface area (Å²) < 4.78 is 12.1. The van der Waals surface area contributed by atoms with Gasteiger partial charge < -0.3 is 8.83 Å². The van der Waals surface area contributed by atoms with Crippen molar-refractivity contribution in [2.75, 3.05) is 0 Å². The molecule has 0 saturated heterocycles. The van der Waals surface area contributed by atoms with Crippen LogP contribution in [0.1, 0.15) is 76.7 Å². The van der Waals surface area contributed by atoms with Crippen molar-refractivity contribution in [1.29, 1.82) is 0 Å². The summed E-state index contributed by atoms with van der Waals surface area (Å²) in [4.78, 5) is 27.3. The van der Waals surface area contributed by atoms with Gasteiger partial charge in [0.05, 0.1) is 11.1 Å². The number of benzene rings is 2. The molecule has 0 radical (unpaired) electrons. The molecule has 4 nitrogen and oxygen atoms in total. The Bertz CT molecular complexity index is 1380. The first-order valence-electron chi connectivity index (χ1n) is 10.2. The molecule has 4 aromatic rings. The van der Waals surface area contributed by atoms with Crippen LogP contribution in [0.25, 0.3) is 21.9 Å². The summed E-state index contributed by atoms with van der Waals surface area (Å²) in [7, 11) is 0. The minimum atomic E-state index is -0.352. The van der Waals surface area contributed by atoms with Gasteiger partial charge in [0.25, 0.3) is 5.78 Å². The summed E-state index contributed by atoms with van der Waals surface area (Å²) in [6.07, 6.45) is 0. The first-order valence-corrected chi connectivity index (χ1v) is 10.2. The van der Waals surface area contributed by atoms with E-state index in [9.17, 15) is 9.59 Å². The van der Waals surface area contributed by atoms with Crippen molar-refractivity contribution in [3.63, 3.8) is 0 Å². The number of aryl methyl sites for hydroxylation is 4. The van der Waals surface area contributed by atoms with Crippen LogP contribution in [-0.4, -0.2) is 11.6 Å². The number of fused-ring (bicyclic) bond motifs is 6. The van der Waals surface area contributed by atoms with Crippen LogP contribution in [0.15, 0.2) is 8.83 Å². The van der Waals surface area contributed by atoms with E-state index in [-0.39, 0.29) is 23.1 Å². The Morgan fingerprint density at radius 3 is 1.13 bits per heavy atom. The summed E-state index contributed by atoms with van der Waals surface area (Å²) in [5.74, 6) is -0.341. The van der Waals surface area contributed by atoms with Crippen LogP contribution in [0.5, 0.6) is 0 Å². The van der Waals surface area contributed by atoms with Gasteiger partial charge in [-0.05, 0) is 99.9 Å². The molecule has 0 unspecified atom stereocenters. The quantitative estimate of drug-likeness (QED) is 0.301. The lowest BCUT2D eigenvalue weighted by atomic mass is 9.85. The molecule has 30 heavy (non-hydrogen) atoms. The van der Waals surface area contributed by atoms with Crippen LogP contribution in [-0.2, 0) is 0 Å². The predicted octanol–water partition coefficient (Wildman–Crippen LogP) is 6.42. The highest BCUT2D eigenvalue weighted by molar-refractivity contribution is 6.34. The molecule has 0 saturated carbocycles. The zero-order valence-corrected chi connectivity index (χ0v) is 18.6. The second-order valence-electron chi connectivity index (χ2n) is 8.68. The van der Waals surface area contributed by atoms with E-state index in [2.05, 4.69) is 0 Å². The Hall–Kier alpha value is -3.14. The minimum Gasteiger partial charge on any atom is -0.451 e. The highest BCUT2D eigenvalue weighted by atomic mass is 16.4. The predicted molar refractivity (Wildman–Crippen MR) is 117 cm³/mol. The van der Waals surface area contributed by atoms with Gasteiger partial charge in [-0.3, -0.25) is 9.59 Å². The minimum absolute atomic E-state index is 0.0986. The van der Waals surface area contributed by atoms with Crippen LogP contribution < -0.4 is 0 Å². The zero-order valence-electron chi connectivity index (χ0n) is 18.6. The van der Waals surface area contributed by atoms with Crippen molar-refractivity contribution in [3.8, 4) is 0 Å². The van der Waals surface area contributed by atoms with Crippen LogP contribution in [0, 0.1) is 55.4 Å². The van der Waals surface area contributed by atoms with Crippen LogP contribution in [0.3, 0.4) is 0 Å². The fourth-order valence-electron chi connectivity index (χ4n) is 4.93. The molecule has 0 amide bonds. The number of furan rings is 2. The molecule has 4 heteroatoms. The van der Waals surface area contributed by atoms with Gasteiger partial charge >= 0.3 is 0 Å². The lowest BCUT2D eigenvalue weighted by Gasteiger charge is -2.13. The molecule has 0 N–H and O–H groups in total. The normalized spacial score (nSPS) is 13.5. The average molecular weight is 400 g/mol. The highest BCUT2D eigenvalue weighted by Crippen LogP contribution is 2.44. The first-order chi connectivity index (χ1) is 14.1. The second-order valence-corrected chi connectivity index (χ2v) is 8.68. The molecule has 2 aromatic carbocycles. The lowest BCUT2D eigenvalue weighted by molar-refractivity contribution is 0.0943. The van der Waals surface area contributed by atoms with Crippen molar-refractivity contribution in [2.45, 2.75) is 55.4 Å². The van der Waals surface area contributed by atoms with Gasteiger partial charge in [-0.25, -0.2) is 0 Å². The van der Waals surface area contributed by atoms with Gasteiger partial charge in [0.2, 0.25) is 5.78 Å². The van der Waals surface area contributed by atoms with E-state index in [0.717, 1.165) is 55.3 Å². The molecule has 0 spiro atoms. The molecular formula is C26H24O4. The van der Waals surface area contributed by atoms with Crippen molar-refractivity contribution in [2.24, 2.45) is 0 Å². The van der Waals surface area contributed by atoms with E-state index in [0.29, 0.717) is 22.3 Å². The molecular weight excluding hydrogens is 376 g/mol. The smallest absolute Gasteiger partial charge is 0.264 e. The number of ketones is 2. The van der Waals surface area contributed by atoms with Crippen molar-refractivity contribution < 1.29 is 18.4 Å². The monoisotopic (exact) mass is 400 g/mol. The average Bonchev–Trinajstić information content (AvgIpc) is 3.32. The third kappa shape index (κ3) is 1.97. The van der Waals surface area contributed by atoms with Crippen molar-refractivity contribution in [1.82, 2.24) is 0 Å². The Morgan fingerprint density at radius 1 is 0.433 bits per heavy atom. The molecule has 2 heterocycles. The van der Waals surface area contributed by atoms with Crippen molar-refractivity contribution in [3.05, 3.63) is 67.2 Å². The fourth-order valence-corrected chi connectivity index (χ4v) is 4.93. The molecule has 0 aliphatic heterocycles. The summed E-state index contributed by atoms with van der Waals surface area (Å²) >= 11 is 0. The molecule has 0 atom stereocenters. The van der Waals surface area contributed by atoms with E-state index in [1.54, 1.807) is 0 Å². The summed E-state index contributed by atoms with van der Waals surface area (Å²) in [6.45, 7) is 16.1. The molecule has 1 aliphatic carbocycles. The molecule has 152 valence electrons. The largest absolute Gasteiger partial charge is 0.451 e. The Kier molecular flexibility index (Phi) is 3.60. The van der Waals surface area contributed by atoms with E-state index < -0.39 is 0 Å². The van der Waals surface area contributed by atoms with Crippen LogP contribution >= 0.6 is 0 Å². The molecule has 2 aromatic heterocycles. The third-order valence-corrected chi connectivity index (χ3v) is 7.49. The second kappa shape index (κ2) is 5.72. The number of hydrogen-bond acceptors (Lipinski definition) is 4. The molecule has 1 aliphatic rings. The molecule has 0 fully saturated rings. The Balaban J connectivity index is 1.96. The highest BCUT2D eigenvalue weighted by Gasteiger charge is 2.41. The molecule has 5 rings (SSSR count). The number of rotatable bonds is 0. The summed E-state index contributed by atoms with van der Waals surface area (Å²) in [5.41, 5.74) is 10.4. The SMILES string of the molecule is Cc1c(C)c(C)c2c3c(oc2c1C)C(=O)c1oc2c(C)c(C)c(C)c(C)c2c1C3=O. The van der Waals surface area contributed by atoms with Crippen molar-refractivity contribution >= 4 is 33.5 Å². The van der Waals surface area contributed by atoms with Gasteiger partial charge in [-0.15, -0.1) is 0 Å². The first kappa shape index (κ1) is 18.9. The lowest BCUT2D eigenvalue weighted by Crippen LogP contribution is -2.18. The maximum atomic E-state index is 13.9. The van der Waals surface area contributed by atoms with Crippen LogP contribution in [0.4, 0.5) is 0 Å². The maximum absolute atomic E-state index is 13.9. The maximum Gasteiger partial charge on any atom is 0.264 e. The number of carbonyl (C=O) groups is 2. The molecule has 0 bridgehead atoms. The van der Waals surface area contributed by atoms with Gasteiger partial charge in [0.1, 0.15) is 11.2 Å². The zero-order chi connectivity index (χ0) is 21.8. The fraction of sp³-hybridized carbons (Fsp3) is 0.308. The Labute approximate surface area is 174 Å².